The Balaban J connectivity index is 0.00000243. The standard InChI is InChI=1S/C16H19N3O5S.ClH/c1-2-23-16(20)14-5-6-15(24-14)25(21,22)19-9-8-18-11-13(19)12-4-3-7-17-10-12;/h3-7,10,13,18H,2,8-9,11H2,1H3;1H. The van der Waals surface area contributed by atoms with Gasteiger partial charge in [0.25, 0.3) is 10.0 Å². The van der Waals surface area contributed by atoms with E-state index in [-0.39, 0.29) is 36.4 Å². The fourth-order valence-electron chi connectivity index (χ4n) is 2.72. The van der Waals surface area contributed by atoms with Gasteiger partial charge in [-0.25, -0.2) is 13.2 Å². The molecule has 1 aliphatic heterocycles. The number of carbonyl (C=O) groups is 1. The van der Waals surface area contributed by atoms with Crippen molar-refractivity contribution >= 4 is 28.4 Å². The molecule has 10 heteroatoms. The molecule has 0 bridgehead atoms. The third-order valence-electron chi connectivity index (χ3n) is 3.88. The highest BCUT2D eigenvalue weighted by Gasteiger charge is 2.36. The Morgan fingerprint density at radius 3 is 2.92 bits per heavy atom. The summed E-state index contributed by atoms with van der Waals surface area (Å²) in [6.45, 7) is 3.13. The number of piperazine rings is 1. The van der Waals surface area contributed by atoms with Crippen LogP contribution in [0.2, 0.25) is 0 Å². The van der Waals surface area contributed by atoms with Crippen molar-refractivity contribution in [3.05, 3.63) is 48.0 Å². The van der Waals surface area contributed by atoms with E-state index in [9.17, 15) is 13.2 Å². The van der Waals surface area contributed by atoms with E-state index in [0.717, 1.165) is 5.56 Å². The third kappa shape index (κ3) is 4.07. The number of sulfonamides is 1. The summed E-state index contributed by atoms with van der Waals surface area (Å²) in [4.78, 5) is 15.8. The summed E-state index contributed by atoms with van der Waals surface area (Å²) in [6, 6.07) is 5.79. The van der Waals surface area contributed by atoms with Gasteiger partial charge < -0.3 is 14.5 Å². The van der Waals surface area contributed by atoms with E-state index < -0.39 is 22.0 Å². The molecular weight excluding hydrogens is 382 g/mol. The fourth-order valence-corrected chi connectivity index (χ4v) is 4.25. The van der Waals surface area contributed by atoms with Gasteiger partial charge in [-0.2, -0.15) is 4.31 Å². The second-order valence-corrected chi connectivity index (χ2v) is 7.28. The SMILES string of the molecule is CCOC(=O)c1ccc(S(=O)(=O)N2CCNCC2c2cccnc2)o1.Cl. The van der Waals surface area contributed by atoms with Crippen LogP contribution in [0, 0.1) is 0 Å². The maximum atomic E-state index is 13.0. The molecule has 2 aromatic rings. The molecule has 0 radical (unpaired) electrons. The summed E-state index contributed by atoms with van der Waals surface area (Å²) in [5, 5.41) is 2.92. The molecule has 1 atom stereocenters. The fraction of sp³-hybridized carbons (Fsp3) is 0.375. The van der Waals surface area contributed by atoms with Gasteiger partial charge in [0.05, 0.1) is 12.6 Å². The largest absolute Gasteiger partial charge is 0.460 e. The van der Waals surface area contributed by atoms with Crippen LogP contribution >= 0.6 is 12.4 Å². The lowest BCUT2D eigenvalue weighted by atomic mass is 10.1. The van der Waals surface area contributed by atoms with E-state index in [1.807, 2.05) is 6.07 Å². The first-order valence-corrected chi connectivity index (χ1v) is 9.37. The molecule has 1 aliphatic rings. The first kappa shape index (κ1) is 20.4. The van der Waals surface area contributed by atoms with Crippen LogP contribution in [-0.4, -0.2) is 49.9 Å². The minimum atomic E-state index is -3.90. The van der Waals surface area contributed by atoms with Crippen LogP contribution in [0.4, 0.5) is 0 Å². The first-order valence-electron chi connectivity index (χ1n) is 7.93. The second kappa shape index (κ2) is 8.63. The summed E-state index contributed by atoms with van der Waals surface area (Å²) in [5.74, 6) is -0.818. The molecule has 0 amide bonds. The molecular formula is C16H20ClN3O5S. The zero-order valence-corrected chi connectivity index (χ0v) is 15.8. The summed E-state index contributed by atoms with van der Waals surface area (Å²) >= 11 is 0. The molecule has 1 unspecified atom stereocenters. The van der Waals surface area contributed by atoms with E-state index in [0.29, 0.717) is 13.1 Å². The topological polar surface area (TPSA) is 102 Å². The number of esters is 1. The van der Waals surface area contributed by atoms with Gasteiger partial charge in [0.1, 0.15) is 0 Å². The number of hydrogen-bond donors (Lipinski definition) is 1. The summed E-state index contributed by atoms with van der Waals surface area (Å²) in [7, 11) is -3.90. The number of rotatable bonds is 5. The normalized spacial score (nSPS) is 18.1. The highest BCUT2D eigenvalue weighted by Crippen LogP contribution is 2.29. The van der Waals surface area contributed by atoms with Crippen LogP contribution in [0.1, 0.15) is 29.1 Å². The van der Waals surface area contributed by atoms with Gasteiger partial charge in [-0.3, -0.25) is 4.98 Å². The van der Waals surface area contributed by atoms with Crippen molar-refractivity contribution < 1.29 is 22.4 Å². The maximum absolute atomic E-state index is 13.0. The summed E-state index contributed by atoms with van der Waals surface area (Å²) < 4.78 is 37.5. The number of carbonyl (C=O) groups excluding carboxylic acids is 1. The minimum Gasteiger partial charge on any atom is -0.460 e. The number of nitrogens with one attached hydrogen (secondary N) is 1. The first-order chi connectivity index (χ1) is 12.0. The Kier molecular flexibility index (Phi) is 6.76. The summed E-state index contributed by atoms with van der Waals surface area (Å²) in [5.41, 5.74) is 0.787. The highest BCUT2D eigenvalue weighted by molar-refractivity contribution is 7.89. The van der Waals surface area contributed by atoms with Crippen LogP contribution in [0.15, 0.2) is 46.2 Å². The van der Waals surface area contributed by atoms with Crippen LogP contribution in [-0.2, 0) is 14.8 Å². The lowest BCUT2D eigenvalue weighted by molar-refractivity contribution is 0.0483. The van der Waals surface area contributed by atoms with Crippen LogP contribution < -0.4 is 5.32 Å². The van der Waals surface area contributed by atoms with Gasteiger partial charge in [0.2, 0.25) is 10.9 Å². The zero-order chi connectivity index (χ0) is 17.9. The van der Waals surface area contributed by atoms with Crippen molar-refractivity contribution in [1.82, 2.24) is 14.6 Å². The number of halogens is 1. The molecule has 0 aromatic carbocycles. The van der Waals surface area contributed by atoms with E-state index in [1.54, 1.807) is 25.4 Å². The molecule has 0 aliphatic carbocycles. The molecule has 142 valence electrons. The number of ether oxygens (including phenoxy) is 1. The van der Waals surface area contributed by atoms with Crippen LogP contribution in [0.25, 0.3) is 0 Å². The van der Waals surface area contributed by atoms with Gasteiger partial charge in [0, 0.05) is 32.0 Å². The molecule has 1 N–H and O–H groups in total. The Morgan fingerprint density at radius 1 is 1.42 bits per heavy atom. The number of hydrogen-bond acceptors (Lipinski definition) is 7. The van der Waals surface area contributed by atoms with Gasteiger partial charge in [0.15, 0.2) is 0 Å². The molecule has 3 heterocycles. The van der Waals surface area contributed by atoms with Crippen molar-refractivity contribution in [3.8, 4) is 0 Å². The molecule has 8 nitrogen and oxygen atoms in total. The minimum absolute atomic E-state index is 0. The van der Waals surface area contributed by atoms with E-state index in [4.69, 9.17) is 9.15 Å². The molecule has 2 aromatic heterocycles. The van der Waals surface area contributed by atoms with Crippen molar-refractivity contribution in [2.75, 3.05) is 26.2 Å². The molecule has 1 fully saturated rings. The second-order valence-electron chi connectivity index (χ2n) is 5.46. The van der Waals surface area contributed by atoms with E-state index in [2.05, 4.69) is 10.3 Å². The van der Waals surface area contributed by atoms with Crippen LogP contribution in [0.5, 0.6) is 0 Å². The smallest absolute Gasteiger partial charge is 0.374 e. The molecule has 3 rings (SSSR count). The van der Waals surface area contributed by atoms with Crippen molar-refractivity contribution in [1.29, 1.82) is 0 Å². The Hall–Kier alpha value is -1.94. The number of pyridine rings is 1. The van der Waals surface area contributed by atoms with E-state index in [1.165, 1.54) is 16.4 Å². The average Bonchev–Trinajstić information content (AvgIpc) is 3.14. The lowest BCUT2D eigenvalue weighted by Gasteiger charge is -2.34. The zero-order valence-electron chi connectivity index (χ0n) is 14.1. The Morgan fingerprint density at radius 2 is 2.23 bits per heavy atom. The van der Waals surface area contributed by atoms with Gasteiger partial charge in [-0.05, 0) is 30.7 Å². The highest BCUT2D eigenvalue weighted by atomic mass is 35.5. The molecule has 0 spiro atoms. The monoisotopic (exact) mass is 401 g/mol. The number of nitrogens with zero attached hydrogens (tertiary/aromatic N) is 2. The van der Waals surface area contributed by atoms with Crippen LogP contribution in [0.3, 0.4) is 0 Å². The van der Waals surface area contributed by atoms with Crippen molar-refractivity contribution in [2.45, 2.75) is 18.1 Å². The third-order valence-corrected chi connectivity index (χ3v) is 5.67. The lowest BCUT2D eigenvalue weighted by Crippen LogP contribution is -2.48. The number of aromatic nitrogens is 1. The molecule has 26 heavy (non-hydrogen) atoms. The number of furan rings is 1. The Labute approximate surface area is 158 Å². The molecule has 0 saturated carbocycles. The van der Waals surface area contributed by atoms with Gasteiger partial charge >= 0.3 is 5.97 Å². The maximum Gasteiger partial charge on any atom is 0.374 e. The predicted molar refractivity (Wildman–Crippen MR) is 95.7 cm³/mol. The van der Waals surface area contributed by atoms with E-state index >= 15 is 0 Å². The average molecular weight is 402 g/mol. The van der Waals surface area contributed by atoms with Crippen molar-refractivity contribution in [2.24, 2.45) is 0 Å². The Bertz CT molecular complexity index is 841. The van der Waals surface area contributed by atoms with Gasteiger partial charge in [-0.15, -0.1) is 12.4 Å². The molecule has 1 saturated heterocycles. The summed E-state index contributed by atoms with van der Waals surface area (Å²) in [6.07, 6.45) is 3.28. The van der Waals surface area contributed by atoms with Crippen molar-refractivity contribution in [3.63, 3.8) is 0 Å². The predicted octanol–water partition coefficient (Wildman–Crippen LogP) is 1.61. The quantitative estimate of drug-likeness (QED) is 0.759. The van der Waals surface area contributed by atoms with Gasteiger partial charge in [-0.1, -0.05) is 6.07 Å².